The average Bonchev–Trinajstić information content (AvgIpc) is 3.63. The molecule has 1 fully saturated rings. The van der Waals surface area contributed by atoms with Crippen LogP contribution in [0.25, 0.3) is 22.3 Å². The highest BCUT2D eigenvalue weighted by molar-refractivity contribution is 5.98. The summed E-state index contributed by atoms with van der Waals surface area (Å²) in [5, 5.41) is 14.1. The van der Waals surface area contributed by atoms with E-state index in [4.69, 9.17) is 15.2 Å². The van der Waals surface area contributed by atoms with E-state index in [1.165, 1.54) is 17.1 Å². The number of nitriles is 1. The van der Waals surface area contributed by atoms with Crippen molar-refractivity contribution >= 4 is 22.8 Å². The summed E-state index contributed by atoms with van der Waals surface area (Å²) in [6, 6.07) is 15.4. The average molecular weight is 484 g/mol. The number of ether oxygens (including phenoxy) is 2. The van der Waals surface area contributed by atoms with Crippen LogP contribution in [0.4, 0.5) is 10.2 Å². The molecule has 1 aliphatic rings. The molecule has 2 N–H and O–H groups in total. The van der Waals surface area contributed by atoms with Crippen LogP contribution < -0.4 is 10.5 Å². The Morgan fingerprint density at radius 1 is 1.19 bits per heavy atom. The number of nitrogens with zero attached hydrogens (tertiary/aromatic N) is 5. The van der Waals surface area contributed by atoms with Crippen LogP contribution in [0, 0.1) is 23.1 Å². The zero-order valence-corrected chi connectivity index (χ0v) is 19.1. The summed E-state index contributed by atoms with van der Waals surface area (Å²) in [4.78, 5) is 20.5. The topological polar surface area (TPSA) is 129 Å². The largest absolute Gasteiger partial charge is 0.460 e. The number of anilines is 1. The summed E-state index contributed by atoms with van der Waals surface area (Å²) in [6.45, 7) is 0.0621. The van der Waals surface area contributed by atoms with Gasteiger partial charge >= 0.3 is 5.97 Å². The number of hydrogen-bond donors (Lipinski definition) is 1. The van der Waals surface area contributed by atoms with Gasteiger partial charge in [-0.1, -0.05) is 24.3 Å². The van der Waals surface area contributed by atoms with Gasteiger partial charge in [-0.25, -0.2) is 23.8 Å². The molecule has 2 aromatic heterocycles. The van der Waals surface area contributed by atoms with Crippen LogP contribution in [0.15, 0.2) is 66.5 Å². The van der Waals surface area contributed by atoms with Crippen molar-refractivity contribution in [1.82, 2.24) is 19.7 Å². The fourth-order valence-corrected chi connectivity index (χ4v) is 3.70. The van der Waals surface area contributed by atoms with E-state index in [2.05, 4.69) is 15.1 Å². The van der Waals surface area contributed by atoms with Gasteiger partial charge in [-0.2, -0.15) is 10.4 Å². The van der Waals surface area contributed by atoms with Crippen LogP contribution in [-0.2, 0) is 16.1 Å². The second kappa shape index (κ2) is 9.84. The number of halogens is 1. The Hall–Kier alpha value is -4.78. The summed E-state index contributed by atoms with van der Waals surface area (Å²) < 4.78 is 27.6. The summed E-state index contributed by atoms with van der Waals surface area (Å²) in [5.74, 6) is 0.0713. The first-order valence-electron chi connectivity index (χ1n) is 11.3. The Balaban J connectivity index is 1.39. The number of nitrogen functional groups attached to an aromatic ring is 1. The molecule has 0 radical (unpaired) electrons. The lowest BCUT2D eigenvalue weighted by Crippen LogP contribution is -2.14. The van der Waals surface area contributed by atoms with Crippen LogP contribution in [0.1, 0.15) is 12.8 Å². The summed E-state index contributed by atoms with van der Waals surface area (Å²) >= 11 is 0. The third-order valence-electron chi connectivity index (χ3n) is 5.63. The summed E-state index contributed by atoms with van der Waals surface area (Å²) in [7, 11) is 0. The molecule has 0 spiro atoms. The third kappa shape index (κ3) is 4.86. The van der Waals surface area contributed by atoms with Gasteiger partial charge in [-0.3, -0.25) is 0 Å². The van der Waals surface area contributed by atoms with Crippen molar-refractivity contribution in [2.45, 2.75) is 19.4 Å². The van der Waals surface area contributed by atoms with E-state index in [1.807, 2.05) is 24.3 Å². The Bertz CT molecular complexity index is 1510. The SMILES string of the molecule is N#CC(=CC1CC1)C(=O)OCCn1nc(-c2ccc(Oc3ccccc3)cc2F)c2c(N)ncnc21. The third-order valence-corrected chi connectivity index (χ3v) is 5.63. The first kappa shape index (κ1) is 23.0. The number of esters is 1. The van der Waals surface area contributed by atoms with Gasteiger partial charge in [0, 0.05) is 11.6 Å². The van der Waals surface area contributed by atoms with E-state index in [0.717, 1.165) is 12.8 Å². The normalized spacial score (nSPS) is 13.4. The lowest BCUT2D eigenvalue weighted by atomic mass is 10.1. The van der Waals surface area contributed by atoms with Crippen LogP contribution >= 0.6 is 0 Å². The van der Waals surface area contributed by atoms with Gasteiger partial charge in [0.2, 0.25) is 0 Å². The maximum absolute atomic E-state index is 15.2. The van der Waals surface area contributed by atoms with Gasteiger partial charge in [0.05, 0.1) is 11.9 Å². The van der Waals surface area contributed by atoms with Crippen LogP contribution in [0.3, 0.4) is 0 Å². The minimum atomic E-state index is -0.685. The first-order chi connectivity index (χ1) is 17.5. The molecule has 10 heteroatoms. The maximum Gasteiger partial charge on any atom is 0.348 e. The molecule has 0 aliphatic heterocycles. The minimum Gasteiger partial charge on any atom is -0.460 e. The molecular formula is C26H21FN6O3. The molecular weight excluding hydrogens is 463 g/mol. The molecule has 1 saturated carbocycles. The smallest absolute Gasteiger partial charge is 0.348 e. The van der Waals surface area contributed by atoms with E-state index >= 15 is 4.39 Å². The fourth-order valence-electron chi connectivity index (χ4n) is 3.70. The molecule has 2 heterocycles. The number of hydrogen-bond acceptors (Lipinski definition) is 8. The molecule has 2 aromatic carbocycles. The van der Waals surface area contributed by atoms with Crippen LogP contribution in [-0.4, -0.2) is 32.3 Å². The molecule has 0 bridgehead atoms. The number of carbonyl (C=O) groups is 1. The zero-order chi connectivity index (χ0) is 25.1. The van der Waals surface area contributed by atoms with Crippen LogP contribution in [0.2, 0.25) is 0 Å². The number of allylic oxidation sites excluding steroid dienone is 1. The highest BCUT2D eigenvalue weighted by atomic mass is 19.1. The van der Waals surface area contributed by atoms with Gasteiger partial charge in [0.15, 0.2) is 5.65 Å². The number of rotatable bonds is 8. The summed E-state index contributed by atoms with van der Waals surface area (Å²) in [6.07, 6.45) is 4.87. The van der Waals surface area contributed by atoms with E-state index in [-0.39, 0.29) is 41.7 Å². The predicted molar refractivity (Wildman–Crippen MR) is 129 cm³/mol. The van der Waals surface area contributed by atoms with Gasteiger partial charge < -0.3 is 15.2 Å². The lowest BCUT2D eigenvalue weighted by Gasteiger charge is -2.07. The monoisotopic (exact) mass is 484 g/mol. The van der Waals surface area contributed by atoms with E-state index in [9.17, 15) is 10.1 Å². The van der Waals surface area contributed by atoms with Crippen molar-refractivity contribution in [2.24, 2.45) is 5.92 Å². The Morgan fingerprint density at radius 3 is 2.72 bits per heavy atom. The Labute approximate surface area is 205 Å². The molecule has 180 valence electrons. The van der Waals surface area contributed by atoms with Crippen molar-refractivity contribution in [3.63, 3.8) is 0 Å². The molecule has 5 rings (SSSR count). The highest BCUT2D eigenvalue weighted by Crippen LogP contribution is 2.34. The van der Waals surface area contributed by atoms with Crippen molar-refractivity contribution in [2.75, 3.05) is 12.3 Å². The Morgan fingerprint density at radius 2 is 2.00 bits per heavy atom. The molecule has 1 aliphatic carbocycles. The fraction of sp³-hybridized carbons (Fsp3) is 0.192. The lowest BCUT2D eigenvalue weighted by molar-refractivity contribution is -0.138. The van der Waals surface area contributed by atoms with E-state index < -0.39 is 11.8 Å². The van der Waals surface area contributed by atoms with Crippen molar-refractivity contribution in [3.05, 3.63) is 72.3 Å². The number of fused-ring (bicyclic) bond motifs is 1. The van der Waals surface area contributed by atoms with Crippen molar-refractivity contribution in [1.29, 1.82) is 5.26 Å². The van der Waals surface area contributed by atoms with Gasteiger partial charge in [-0.05, 0) is 43.0 Å². The number of nitrogens with two attached hydrogens (primary N) is 1. The number of para-hydroxylation sites is 1. The second-order valence-corrected chi connectivity index (χ2v) is 8.25. The quantitative estimate of drug-likeness (QED) is 0.221. The maximum atomic E-state index is 15.2. The number of carbonyl (C=O) groups excluding carboxylic acids is 1. The van der Waals surface area contributed by atoms with Crippen molar-refractivity contribution < 1.29 is 18.7 Å². The molecule has 0 atom stereocenters. The first-order valence-corrected chi connectivity index (χ1v) is 11.3. The Kier molecular flexibility index (Phi) is 6.28. The molecule has 4 aromatic rings. The van der Waals surface area contributed by atoms with E-state index in [1.54, 1.807) is 30.3 Å². The van der Waals surface area contributed by atoms with Crippen molar-refractivity contribution in [3.8, 4) is 28.8 Å². The molecule has 0 saturated heterocycles. The highest BCUT2D eigenvalue weighted by Gasteiger charge is 2.23. The van der Waals surface area contributed by atoms with Gasteiger partial charge in [0.25, 0.3) is 0 Å². The molecule has 36 heavy (non-hydrogen) atoms. The minimum absolute atomic E-state index is 0.00466. The van der Waals surface area contributed by atoms with Crippen LogP contribution in [0.5, 0.6) is 11.5 Å². The number of benzene rings is 2. The molecule has 0 unspecified atom stereocenters. The predicted octanol–water partition coefficient (Wildman–Crippen LogP) is 4.41. The van der Waals surface area contributed by atoms with E-state index in [0.29, 0.717) is 22.5 Å². The molecule has 9 nitrogen and oxygen atoms in total. The van der Waals surface area contributed by atoms with Gasteiger partial charge in [-0.15, -0.1) is 0 Å². The molecule has 0 amide bonds. The summed E-state index contributed by atoms with van der Waals surface area (Å²) in [5.41, 5.74) is 6.90. The zero-order valence-electron chi connectivity index (χ0n) is 19.1. The van der Waals surface area contributed by atoms with Gasteiger partial charge in [0.1, 0.15) is 53.4 Å². The number of aromatic nitrogens is 4. The second-order valence-electron chi connectivity index (χ2n) is 8.25. The standard InChI is InChI=1S/C26H21FN6O3/c27-21-13-19(36-18-4-2-1-3-5-18)8-9-20(21)23-22-24(29)30-15-31-25(22)33(32-23)10-11-35-26(34)17(14-28)12-16-6-7-16/h1-5,8-9,12-13,15-16H,6-7,10-11H2,(H2,29,30,31).